The Hall–Kier alpha value is -1.95. The second kappa shape index (κ2) is 6.11. The average molecular weight is 262 g/mol. The Morgan fingerprint density at radius 1 is 1.33 bits per heavy atom. The van der Waals surface area contributed by atoms with Crippen LogP contribution in [-0.2, 0) is 0 Å². The van der Waals surface area contributed by atoms with Gasteiger partial charge in [0.25, 0.3) is 5.91 Å². The van der Waals surface area contributed by atoms with Crippen LogP contribution in [0.15, 0.2) is 29.6 Å². The van der Waals surface area contributed by atoms with E-state index in [9.17, 15) is 4.79 Å². The number of anilines is 2. The van der Waals surface area contributed by atoms with Crippen LogP contribution in [0.4, 0.5) is 11.4 Å². The molecule has 0 aliphatic rings. The smallest absolute Gasteiger partial charge is 0.277 e. The highest BCUT2D eigenvalue weighted by molar-refractivity contribution is 7.03. The zero-order valence-electron chi connectivity index (χ0n) is 10.0. The quantitative estimate of drug-likeness (QED) is 0.869. The summed E-state index contributed by atoms with van der Waals surface area (Å²) in [5.41, 5.74) is 2.00. The van der Waals surface area contributed by atoms with Crippen molar-refractivity contribution >= 4 is 28.8 Å². The van der Waals surface area contributed by atoms with Gasteiger partial charge in [0.05, 0.1) is 11.4 Å². The lowest BCUT2D eigenvalue weighted by atomic mass is 10.2. The molecule has 0 unspecified atom stereocenters. The molecule has 0 atom stereocenters. The van der Waals surface area contributed by atoms with Gasteiger partial charge in [-0.25, -0.2) is 0 Å². The van der Waals surface area contributed by atoms with Gasteiger partial charge in [0.1, 0.15) is 0 Å². The van der Waals surface area contributed by atoms with E-state index >= 15 is 0 Å². The third kappa shape index (κ3) is 3.04. The summed E-state index contributed by atoms with van der Waals surface area (Å²) in [4.78, 5) is 11.9. The average Bonchev–Trinajstić information content (AvgIpc) is 2.91. The summed E-state index contributed by atoms with van der Waals surface area (Å²) >= 11 is 1.16. The molecule has 1 heterocycles. The standard InChI is InChI=1S/C12H14N4OS/c1-2-7-13-9-5-3-4-6-10(9)14-12(17)11-8-18-16-15-11/h3-6,8,13H,2,7H2,1H3,(H,14,17). The van der Waals surface area contributed by atoms with E-state index in [4.69, 9.17) is 0 Å². The molecule has 1 aromatic carbocycles. The lowest BCUT2D eigenvalue weighted by Crippen LogP contribution is -2.14. The number of hydrogen-bond donors (Lipinski definition) is 2. The van der Waals surface area contributed by atoms with Crippen molar-refractivity contribution in [1.29, 1.82) is 0 Å². The highest BCUT2D eigenvalue weighted by atomic mass is 32.1. The van der Waals surface area contributed by atoms with Crippen molar-refractivity contribution in [3.63, 3.8) is 0 Å². The van der Waals surface area contributed by atoms with Gasteiger partial charge >= 0.3 is 0 Å². The molecule has 0 bridgehead atoms. The van der Waals surface area contributed by atoms with Gasteiger partial charge in [0.15, 0.2) is 5.69 Å². The first kappa shape index (κ1) is 12.5. The minimum Gasteiger partial charge on any atom is -0.383 e. The maximum Gasteiger partial charge on any atom is 0.277 e. The third-order valence-corrected chi connectivity index (χ3v) is 2.84. The van der Waals surface area contributed by atoms with Crippen LogP contribution in [0.25, 0.3) is 0 Å². The topological polar surface area (TPSA) is 66.9 Å². The number of carbonyl (C=O) groups is 1. The molecule has 2 rings (SSSR count). The number of nitrogens with one attached hydrogen (secondary N) is 2. The van der Waals surface area contributed by atoms with E-state index in [0.29, 0.717) is 5.69 Å². The SMILES string of the molecule is CCCNc1ccccc1NC(=O)c1csnn1. The number of nitrogens with zero attached hydrogens (tertiary/aromatic N) is 2. The number of amides is 1. The first-order chi connectivity index (χ1) is 8.81. The van der Waals surface area contributed by atoms with Crippen molar-refractivity contribution < 1.29 is 4.79 Å². The third-order valence-electron chi connectivity index (χ3n) is 2.33. The highest BCUT2D eigenvalue weighted by Gasteiger charge is 2.10. The van der Waals surface area contributed by atoms with Gasteiger partial charge in [-0.2, -0.15) is 0 Å². The molecule has 18 heavy (non-hydrogen) atoms. The zero-order chi connectivity index (χ0) is 12.8. The number of aromatic nitrogens is 2. The van der Waals surface area contributed by atoms with Crippen molar-refractivity contribution in [2.75, 3.05) is 17.2 Å². The molecule has 0 saturated carbocycles. The second-order valence-electron chi connectivity index (χ2n) is 3.72. The van der Waals surface area contributed by atoms with Crippen LogP contribution in [0.2, 0.25) is 0 Å². The van der Waals surface area contributed by atoms with E-state index < -0.39 is 0 Å². The minimum atomic E-state index is -0.241. The molecule has 0 aliphatic carbocycles. The van der Waals surface area contributed by atoms with Crippen LogP contribution in [0.1, 0.15) is 23.8 Å². The predicted octanol–water partition coefficient (Wildman–Crippen LogP) is 2.61. The summed E-state index contributed by atoms with van der Waals surface area (Å²) in [6.07, 6.45) is 1.03. The molecule has 0 spiro atoms. The molecule has 2 aromatic rings. The van der Waals surface area contributed by atoms with Crippen molar-refractivity contribution in [3.8, 4) is 0 Å². The fourth-order valence-electron chi connectivity index (χ4n) is 1.46. The maximum absolute atomic E-state index is 11.9. The van der Waals surface area contributed by atoms with Crippen LogP contribution < -0.4 is 10.6 Å². The van der Waals surface area contributed by atoms with Gasteiger partial charge in [-0.3, -0.25) is 4.79 Å². The molecule has 1 amide bonds. The minimum absolute atomic E-state index is 0.241. The molecule has 0 radical (unpaired) electrons. The normalized spacial score (nSPS) is 10.1. The monoisotopic (exact) mass is 262 g/mol. The van der Waals surface area contributed by atoms with E-state index in [1.165, 1.54) is 0 Å². The number of hydrogen-bond acceptors (Lipinski definition) is 5. The zero-order valence-corrected chi connectivity index (χ0v) is 10.8. The Morgan fingerprint density at radius 3 is 2.78 bits per heavy atom. The summed E-state index contributed by atoms with van der Waals surface area (Å²) < 4.78 is 3.67. The molecule has 6 heteroatoms. The van der Waals surface area contributed by atoms with Gasteiger partial charge in [0, 0.05) is 11.9 Å². The second-order valence-corrected chi connectivity index (χ2v) is 4.33. The van der Waals surface area contributed by atoms with Crippen molar-refractivity contribution in [3.05, 3.63) is 35.3 Å². The first-order valence-electron chi connectivity index (χ1n) is 5.72. The summed E-state index contributed by atoms with van der Waals surface area (Å²) in [5, 5.41) is 11.5. The van der Waals surface area contributed by atoms with E-state index in [2.05, 4.69) is 27.1 Å². The summed E-state index contributed by atoms with van der Waals surface area (Å²) in [6, 6.07) is 7.60. The summed E-state index contributed by atoms with van der Waals surface area (Å²) in [5.74, 6) is -0.241. The van der Waals surface area contributed by atoms with E-state index in [0.717, 1.165) is 35.9 Å². The molecule has 94 valence electrons. The van der Waals surface area contributed by atoms with Gasteiger partial charge in [-0.15, -0.1) is 5.10 Å². The fourth-order valence-corrected chi connectivity index (χ4v) is 1.89. The van der Waals surface area contributed by atoms with E-state index in [1.807, 2.05) is 24.3 Å². The number of benzene rings is 1. The Kier molecular flexibility index (Phi) is 4.25. The fraction of sp³-hybridized carbons (Fsp3) is 0.250. The number of carbonyl (C=O) groups excluding carboxylic acids is 1. The Balaban J connectivity index is 2.11. The Labute approximate surface area is 109 Å². The van der Waals surface area contributed by atoms with Gasteiger partial charge in [0.2, 0.25) is 0 Å². The Bertz CT molecular complexity index is 513. The molecule has 5 nitrogen and oxygen atoms in total. The van der Waals surface area contributed by atoms with Gasteiger partial charge in [-0.1, -0.05) is 23.5 Å². The lowest BCUT2D eigenvalue weighted by molar-refractivity contribution is 0.102. The summed E-state index contributed by atoms with van der Waals surface area (Å²) in [7, 11) is 0. The number of para-hydroxylation sites is 2. The lowest BCUT2D eigenvalue weighted by Gasteiger charge is -2.11. The van der Waals surface area contributed by atoms with Crippen LogP contribution in [0.3, 0.4) is 0 Å². The van der Waals surface area contributed by atoms with Crippen molar-refractivity contribution in [1.82, 2.24) is 9.59 Å². The molecule has 1 aromatic heterocycles. The largest absolute Gasteiger partial charge is 0.383 e. The maximum atomic E-state index is 11.9. The first-order valence-corrected chi connectivity index (χ1v) is 6.56. The highest BCUT2D eigenvalue weighted by Crippen LogP contribution is 2.21. The Morgan fingerprint density at radius 2 is 2.11 bits per heavy atom. The summed E-state index contributed by atoms with van der Waals surface area (Å²) in [6.45, 7) is 2.96. The van der Waals surface area contributed by atoms with E-state index in [-0.39, 0.29) is 5.91 Å². The molecule has 0 saturated heterocycles. The molecule has 2 N–H and O–H groups in total. The molecular weight excluding hydrogens is 248 g/mol. The molecule has 0 aliphatic heterocycles. The molecular formula is C12H14N4OS. The number of rotatable bonds is 5. The van der Waals surface area contributed by atoms with Crippen LogP contribution in [-0.4, -0.2) is 22.0 Å². The predicted molar refractivity (Wildman–Crippen MR) is 73.1 cm³/mol. The van der Waals surface area contributed by atoms with Crippen molar-refractivity contribution in [2.45, 2.75) is 13.3 Å². The van der Waals surface area contributed by atoms with Crippen LogP contribution in [0, 0.1) is 0 Å². The van der Waals surface area contributed by atoms with E-state index in [1.54, 1.807) is 5.38 Å². The van der Waals surface area contributed by atoms with Crippen LogP contribution in [0.5, 0.6) is 0 Å². The van der Waals surface area contributed by atoms with Crippen molar-refractivity contribution in [2.24, 2.45) is 0 Å². The van der Waals surface area contributed by atoms with Gasteiger partial charge in [-0.05, 0) is 30.1 Å². The van der Waals surface area contributed by atoms with Crippen LogP contribution >= 0.6 is 11.5 Å². The van der Waals surface area contributed by atoms with Gasteiger partial charge < -0.3 is 10.6 Å². The molecule has 0 fully saturated rings.